The van der Waals surface area contributed by atoms with Gasteiger partial charge in [-0.3, -0.25) is 14.5 Å². The van der Waals surface area contributed by atoms with Gasteiger partial charge in [-0.1, -0.05) is 0 Å². The number of rotatable bonds is 5. The van der Waals surface area contributed by atoms with E-state index in [1.54, 1.807) is 17.0 Å². The quantitative estimate of drug-likeness (QED) is 0.778. The first-order valence-corrected chi connectivity index (χ1v) is 7.88. The lowest BCUT2D eigenvalue weighted by atomic mass is 10.2. The summed E-state index contributed by atoms with van der Waals surface area (Å²) in [6, 6.07) is 7.10. The summed E-state index contributed by atoms with van der Waals surface area (Å²) >= 11 is 0. The van der Waals surface area contributed by atoms with Gasteiger partial charge in [0.2, 0.25) is 0 Å². The third-order valence-electron chi connectivity index (χ3n) is 3.91. The molecule has 0 N–H and O–H groups in total. The number of esters is 1. The van der Waals surface area contributed by atoms with E-state index in [4.69, 9.17) is 13.6 Å². The van der Waals surface area contributed by atoms with E-state index >= 15 is 0 Å². The number of furan rings is 2. The number of amides is 1. The predicted octanol–water partition coefficient (Wildman–Crippen LogP) is 1.89. The number of ether oxygens (including phenoxy) is 1. The summed E-state index contributed by atoms with van der Waals surface area (Å²) in [7, 11) is 0. The van der Waals surface area contributed by atoms with E-state index in [-0.39, 0.29) is 18.5 Å². The van der Waals surface area contributed by atoms with Crippen LogP contribution in [0, 0.1) is 0 Å². The SMILES string of the molecule is CC(=O)OCc1ccc(CN2CCN(C(=O)c3ccco3)CC2)o1. The fourth-order valence-corrected chi connectivity index (χ4v) is 2.64. The van der Waals surface area contributed by atoms with Gasteiger partial charge in [-0.2, -0.15) is 0 Å². The van der Waals surface area contributed by atoms with Crippen molar-refractivity contribution in [3.8, 4) is 0 Å². The molecule has 0 aromatic carbocycles. The Hall–Kier alpha value is -2.54. The highest BCUT2D eigenvalue weighted by atomic mass is 16.5. The molecule has 0 aliphatic carbocycles. The monoisotopic (exact) mass is 332 g/mol. The molecule has 3 heterocycles. The van der Waals surface area contributed by atoms with Gasteiger partial charge in [0.25, 0.3) is 5.91 Å². The topological polar surface area (TPSA) is 76.1 Å². The van der Waals surface area contributed by atoms with Crippen molar-refractivity contribution in [3.05, 3.63) is 47.8 Å². The van der Waals surface area contributed by atoms with Crippen LogP contribution in [0.2, 0.25) is 0 Å². The lowest BCUT2D eigenvalue weighted by Crippen LogP contribution is -2.48. The fraction of sp³-hybridized carbons (Fsp3) is 0.412. The van der Waals surface area contributed by atoms with Crippen molar-refractivity contribution in [3.63, 3.8) is 0 Å². The van der Waals surface area contributed by atoms with Gasteiger partial charge in [0.05, 0.1) is 12.8 Å². The molecule has 1 aliphatic rings. The number of hydrogen-bond donors (Lipinski definition) is 0. The Kier molecular flexibility index (Phi) is 5.00. The van der Waals surface area contributed by atoms with Crippen molar-refractivity contribution >= 4 is 11.9 Å². The highest BCUT2D eigenvalue weighted by molar-refractivity contribution is 5.91. The molecule has 0 spiro atoms. The van der Waals surface area contributed by atoms with Crippen LogP contribution in [-0.4, -0.2) is 47.9 Å². The van der Waals surface area contributed by atoms with Gasteiger partial charge in [-0.15, -0.1) is 0 Å². The summed E-state index contributed by atoms with van der Waals surface area (Å²) in [4.78, 5) is 27.0. The Balaban J connectivity index is 1.47. The van der Waals surface area contributed by atoms with Crippen LogP contribution in [0.1, 0.15) is 29.0 Å². The number of nitrogens with zero attached hydrogens (tertiary/aromatic N) is 2. The van der Waals surface area contributed by atoms with Crippen molar-refractivity contribution < 1.29 is 23.2 Å². The van der Waals surface area contributed by atoms with Crippen LogP contribution < -0.4 is 0 Å². The zero-order valence-electron chi connectivity index (χ0n) is 13.6. The molecule has 0 radical (unpaired) electrons. The molecule has 1 saturated heterocycles. The number of carbonyl (C=O) groups is 2. The van der Waals surface area contributed by atoms with Gasteiger partial charge < -0.3 is 18.5 Å². The minimum Gasteiger partial charge on any atom is -0.461 e. The summed E-state index contributed by atoms with van der Waals surface area (Å²) in [6.07, 6.45) is 1.51. The molecule has 7 heteroatoms. The second-order valence-corrected chi connectivity index (χ2v) is 5.69. The largest absolute Gasteiger partial charge is 0.461 e. The van der Waals surface area contributed by atoms with Gasteiger partial charge in [-0.05, 0) is 24.3 Å². The van der Waals surface area contributed by atoms with Gasteiger partial charge in [-0.25, -0.2) is 0 Å². The van der Waals surface area contributed by atoms with Crippen molar-refractivity contribution in [1.82, 2.24) is 9.80 Å². The molecule has 0 bridgehead atoms. The highest BCUT2D eigenvalue weighted by Crippen LogP contribution is 2.15. The zero-order valence-corrected chi connectivity index (χ0v) is 13.6. The van der Waals surface area contributed by atoms with Crippen molar-refractivity contribution in [2.45, 2.75) is 20.1 Å². The summed E-state index contributed by atoms with van der Waals surface area (Å²) in [6.45, 7) is 5.04. The summed E-state index contributed by atoms with van der Waals surface area (Å²) in [5, 5.41) is 0. The molecule has 0 saturated carbocycles. The standard InChI is InChI=1S/C17H20N2O5/c1-13(20)23-12-15-5-4-14(24-15)11-18-6-8-19(9-7-18)17(21)16-3-2-10-22-16/h2-5,10H,6-9,11-12H2,1H3. The maximum Gasteiger partial charge on any atom is 0.303 e. The summed E-state index contributed by atoms with van der Waals surface area (Å²) < 4.78 is 15.7. The Morgan fingerprint density at radius 1 is 1.12 bits per heavy atom. The molecule has 1 amide bonds. The van der Waals surface area contributed by atoms with Crippen LogP contribution in [0.5, 0.6) is 0 Å². The minimum atomic E-state index is -0.328. The van der Waals surface area contributed by atoms with E-state index in [0.29, 0.717) is 31.2 Å². The Labute approximate surface area is 139 Å². The highest BCUT2D eigenvalue weighted by Gasteiger charge is 2.24. The fourth-order valence-electron chi connectivity index (χ4n) is 2.64. The molecular weight excluding hydrogens is 312 g/mol. The molecule has 7 nitrogen and oxygen atoms in total. The molecule has 1 fully saturated rings. The molecule has 128 valence electrons. The molecule has 2 aromatic heterocycles. The molecular formula is C17H20N2O5. The van der Waals surface area contributed by atoms with E-state index in [9.17, 15) is 9.59 Å². The molecule has 0 unspecified atom stereocenters. The van der Waals surface area contributed by atoms with Crippen LogP contribution in [-0.2, 0) is 22.7 Å². The zero-order chi connectivity index (χ0) is 16.9. The lowest BCUT2D eigenvalue weighted by molar-refractivity contribution is -0.142. The van der Waals surface area contributed by atoms with Crippen LogP contribution in [0.4, 0.5) is 0 Å². The van der Waals surface area contributed by atoms with E-state index in [1.165, 1.54) is 13.2 Å². The maximum absolute atomic E-state index is 12.2. The predicted molar refractivity (Wildman–Crippen MR) is 84.1 cm³/mol. The normalized spacial score (nSPS) is 15.5. The van der Waals surface area contributed by atoms with E-state index in [1.807, 2.05) is 12.1 Å². The minimum absolute atomic E-state index is 0.0682. The summed E-state index contributed by atoms with van der Waals surface area (Å²) in [5.74, 6) is 1.44. The first-order chi connectivity index (χ1) is 11.6. The smallest absolute Gasteiger partial charge is 0.303 e. The molecule has 2 aromatic rings. The van der Waals surface area contributed by atoms with Crippen molar-refractivity contribution in [2.24, 2.45) is 0 Å². The van der Waals surface area contributed by atoms with Crippen molar-refractivity contribution in [2.75, 3.05) is 26.2 Å². The molecule has 3 rings (SSSR count). The van der Waals surface area contributed by atoms with Gasteiger partial charge in [0, 0.05) is 33.1 Å². The van der Waals surface area contributed by atoms with Crippen LogP contribution >= 0.6 is 0 Å². The average Bonchev–Trinajstić information content (AvgIpc) is 3.25. The van der Waals surface area contributed by atoms with Crippen LogP contribution in [0.15, 0.2) is 39.4 Å². The first kappa shape index (κ1) is 16.3. The summed E-state index contributed by atoms with van der Waals surface area (Å²) in [5.41, 5.74) is 0. The van der Waals surface area contributed by atoms with Crippen LogP contribution in [0.25, 0.3) is 0 Å². The van der Waals surface area contributed by atoms with Gasteiger partial charge in [0.15, 0.2) is 5.76 Å². The van der Waals surface area contributed by atoms with Crippen molar-refractivity contribution in [1.29, 1.82) is 0 Å². The number of piperazine rings is 1. The van der Waals surface area contributed by atoms with Gasteiger partial charge in [0.1, 0.15) is 18.1 Å². The van der Waals surface area contributed by atoms with E-state index in [2.05, 4.69) is 4.90 Å². The Morgan fingerprint density at radius 2 is 1.88 bits per heavy atom. The first-order valence-electron chi connectivity index (χ1n) is 7.88. The molecule has 24 heavy (non-hydrogen) atoms. The molecule has 1 aliphatic heterocycles. The third-order valence-corrected chi connectivity index (χ3v) is 3.91. The van der Waals surface area contributed by atoms with Gasteiger partial charge >= 0.3 is 5.97 Å². The van der Waals surface area contributed by atoms with E-state index < -0.39 is 0 Å². The maximum atomic E-state index is 12.2. The number of carbonyl (C=O) groups excluding carboxylic acids is 2. The lowest BCUT2D eigenvalue weighted by Gasteiger charge is -2.33. The van der Waals surface area contributed by atoms with E-state index in [0.717, 1.165) is 18.8 Å². The average molecular weight is 332 g/mol. The Morgan fingerprint density at radius 3 is 2.54 bits per heavy atom. The second-order valence-electron chi connectivity index (χ2n) is 5.69. The Bertz CT molecular complexity index is 684. The number of hydrogen-bond acceptors (Lipinski definition) is 6. The molecule has 0 atom stereocenters. The second kappa shape index (κ2) is 7.35. The third kappa shape index (κ3) is 4.05. The van der Waals surface area contributed by atoms with Crippen LogP contribution in [0.3, 0.4) is 0 Å².